The zero-order valence-corrected chi connectivity index (χ0v) is 10.1. The number of amides is 1. The third kappa shape index (κ3) is 1.74. The Bertz CT molecular complexity index is 422. The van der Waals surface area contributed by atoms with Crippen LogP contribution in [-0.2, 0) is 4.79 Å². The molecule has 2 aliphatic heterocycles. The monoisotopic (exact) mass is 234 g/mol. The summed E-state index contributed by atoms with van der Waals surface area (Å²) in [6.45, 7) is 1.91. The molecule has 0 bridgehead atoms. The van der Waals surface area contributed by atoms with Crippen LogP contribution in [0.15, 0.2) is 12.5 Å². The van der Waals surface area contributed by atoms with E-state index in [2.05, 4.69) is 14.9 Å². The maximum absolute atomic E-state index is 12.0. The van der Waals surface area contributed by atoms with E-state index in [0.717, 1.165) is 31.6 Å². The molecular weight excluding hydrogens is 216 g/mol. The molecule has 1 aromatic rings. The zero-order valence-electron chi connectivity index (χ0n) is 10.1. The second kappa shape index (κ2) is 4.14. The highest BCUT2D eigenvalue weighted by Crippen LogP contribution is 2.29. The van der Waals surface area contributed by atoms with Crippen molar-refractivity contribution < 1.29 is 4.79 Å². The zero-order chi connectivity index (χ0) is 11.8. The van der Waals surface area contributed by atoms with Gasteiger partial charge < -0.3 is 14.8 Å². The van der Waals surface area contributed by atoms with Crippen LogP contribution < -0.4 is 5.32 Å². The van der Waals surface area contributed by atoms with Crippen molar-refractivity contribution in [1.29, 1.82) is 0 Å². The average Bonchev–Trinajstić information content (AvgIpc) is 3.01. The van der Waals surface area contributed by atoms with Crippen LogP contribution in [0.5, 0.6) is 0 Å². The van der Waals surface area contributed by atoms with Crippen LogP contribution in [0.4, 0.5) is 0 Å². The van der Waals surface area contributed by atoms with Crippen LogP contribution in [0, 0.1) is 0 Å². The van der Waals surface area contributed by atoms with Gasteiger partial charge in [0.2, 0.25) is 5.91 Å². The van der Waals surface area contributed by atoms with E-state index in [4.69, 9.17) is 0 Å². The molecule has 3 rings (SSSR count). The molecule has 1 aromatic heterocycles. The number of imidazole rings is 1. The van der Waals surface area contributed by atoms with Crippen LogP contribution >= 0.6 is 0 Å². The molecule has 17 heavy (non-hydrogen) atoms. The lowest BCUT2D eigenvalue weighted by Crippen LogP contribution is -2.26. The standard InChI is InChI=1S/C12H18N4O/c1-15-6-4-10(12(15)17)16-8-13-7-11(16)9-3-2-5-14-9/h7-10,14H,2-6H2,1H3. The molecule has 0 radical (unpaired) electrons. The third-order valence-corrected chi connectivity index (χ3v) is 3.85. The molecule has 0 aliphatic carbocycles. The number of nitrogens with one attached hydrogen (secondary N) is 1. The van der Waals surface area contributed by atoms with Gasteiger partial charge in [-0.25, -0.2) is 4.98 Å². The summed E-state index contributed by atoms with van der Waals surface area (Å²) >= 11 is 0. The summed E-state index contributed by atoms with van der Waals surface area (Å²) in [6.07, 6.45) is 6.94. The lowest BCUT2D eigenvalue weighted by molar-refractivity contribution is -0.129. The van der Waals surface area contributed by atoms with Gasteiger partial charge in [-0.3, -0.25) is 4.79 Å². The molecule has 0 spiro atoms. The lowest BCUT2D eigenvalue weighted by Gasteiger charge is -2.18. The van der Waals surface area contributed by atoms with Crippen LogP contribution in [0.3, 0.4) is 0 Å². The molecule has 5 heteroatoms. The Morgan fingerprint density at radius 1 is 1.47 bits per heavy atom. The van der Waals surface area contributed by atoms with E-state index < -0.39 is 0 Å². The quantitative estimate of drug-likeness (QED) is 0.820. The molecule has 5 nitrogen and oxygen atoms in total. The second-order valence-electron chi connectivity index (χ2n) is 4.94. The van der Waals surface area contributed by atoms with Gasteiger partial charge in [-0.15, -0.1) is 0 Å². The molecule has 2 aliphatic rings. The molecular formula is C12H18N4O. The van der Waals surface area contributed by atoms with E-state index in [-0.39, 0.29) is 11.9 Å². The number of hydrogen-bond donors (Lipinski definition) is 1. The summed E-state index contributed by atoms with van der Waals surface area (Å²) in [6, 6.07) is 0.330. The first-order chi connectivity index (χ1) is 8.27. The van der Waals surface area contributed by atoms with Crippen molar-refractivity contribution in [1.82, 2.24) is 19.8 Å². The summed E-state index contributed by atoms with van der Waals surface area (Å²) in [5.41, 5.74) is 1.16. The van der Waals surface area contributed by atoms with Crippen molar-refractivity contribution in [3.63, 3.8) is 0 Å². The van der Waals surface area contributed by atoms with E-state index in [9.17, 15) is 4.79 Å². The average molecular weight is 234 g/mol. The first-order valence-electron chi connectivity index (χ1n) is 6.27. The highest BCUT2D eigenvalue weighted by Gasteiger charge is 2.33. The van der Waals surface area contributed by atoms with Crippen molar-refractivity contribution in [2.75, 3.05) is 20.1 Å². The Labute approximate surface area is 101 Å². The fourth-order valence-electron chi connectivity index (χ4n) is 2.84. The van der Waals surface area contributed by atoms with Crippen molar-refractivity contribution in [2.45, 2.75) is 31.3 Å². The van der Waals surface area contributed by atoms with E-state index in [1.54, 1.807) is 11.2 Å². The molecule has 0 aromatic carbocycles. The van der Waals surface area contributed by atoms with Crippen LogP contribution in [0.25, 0.3) is 0 Å². The fourth-order valence-corrected chi connectivity index (χ4v) is 2.84. The number of carbonyl (C=O) groups excluding carboxylic acids is 1. The van der Waals surface area contributed by atoms with Crippen LogP contribution in [0.1, 0.15) is 37.0 Å². The molecule has 2 fully saturated rings. The maximum atomic E-state index is 12.0. The Kier molecular flexibility index (Phi) is 2.63. The summed E-state index contributed by atoms with van der Waals surface area (Å²) < 4.78 is 2.06. The minimum atomic E-state index is -0.0418. The Morgan fingerprint density at radius 3 is 3.00 bits per heavy atom. The highest BCUT2D eigenvalue weighted by atomic mass is 16.2. The molecule has 1 N–H and O–H groups in total. The van der Waals surface area contributed by atoms with Crippen molar-refractivity contribution in [3.05, 3.63) is 18.2 Å². The normalized spacial score (nSPS) is 29.2. The molecule has 2 unspecified atom stereocenters. The predicted octanol–water partition coefficient (Wildman–Crippen LogP) is 0.711. The van der Waals surface area contributed by atoms with Gasteiger partial charge in [-0.2, -0.15) is 0 Å². The first kappa shape index (κ1) is 10.8. The van der Waals surface area contributed by atoms with Gasteiger partial charge in [0.05, 0.1) is 12.0 Å². The topological polar surface area (TPSA) is 50.2 Å². The molecule has 2 atom stereocenters. The van der Waals surface area contributed by atoms with Gasteiger partial charge in [0.25, 0.3) is 0 Å². The Balaban J connectivity index is 1.88. The van der Waals surface area contributed by atoms with Gasteiger partial charge in [-0.1, -0.05) is 0 Å². The summed E-state index contributed by atoms with van der Waals surface area (Å²) in [7, 11) is 1.87. The Hall–Kier alpha value is -1.36. The number of aromatic nitrogens is 2. The van der Waals surface area contributed by atoms with E-state index in [0.29, 0.717) is 6.04 Å². The van der Waals surface area contributed by atoms with E-state index in [1.165, 1.54) is 6.42 Å². The number of nitrogens with zero attached hydrogens (tertiary/aromatic N) is 3. The minimum absolute atomic E-state index is 0.0418. The maximum Gasteiger partial charge on any atom is 0.245 e. The number of likely N-dealkylation sites (tertiary alicyclic amines) is 1. The number of rotatable bonds is 2. The summed E-state index contributed by atoms with van der Waals surface area (Å²) in [5, 5.41) is 3.46. The predicted molar refractivity (Wildman–Crippen MR) is 63.5 cm³/mol. The number of likely N-dealkylation sites (N-methyl/N-ethyl adjacent to an activating group) is 1. The van der Waals surface area contributed by atoms with Crippen molar-refractivity contribution in [3.8, 4) is 0 Å². The van der Waals surface area contributed by atoms with Gasteiger partial charge in [0.1, 0.15) is 6.04 Å². The smallest absolute Gasteiger partial charge is 0.245 e. The lowest BCUT2D eigenvalue weighted by atomic mass is 10.1. The highest BCUT2D eigenvalue weighted by molar-refractivity contribution is 5.82. The van der Waals surface area contributed by atoms with Crippen molar-refractivity contribution in [2.24, 2.45) is 0 Å². The molecule has 0 saturated carbocycles. The van der Waals surface area contributed by atoms with Gasteiger partial charge in [-0.05, 0) is 25.8 Å². The first-order valence-corrected chi connectivity index (χ1v) is 6.27. The number of carbonyl (C=O) groups is 1. The molecule has 92 valence electrons. The molecule has 2 saturated heterocycles. The van der Waals surface area contributed by atoms with Crippen LogP contribution in [-0.4, -0.2) is 40.5 Å². The fraction of sp³-hybridized carbons (Fsp3) is 0.667. The third-order valence-electron chi connectivity index (χ3n) is 3.85. The van der Waals surface area contributed by atoms with Crippen LogP contribution in [0.2, 0.25) is 0 Å². The number of hydrogen-bond acceptors (Lipinski definition) is 3. The van der Waals surface area contributed by atoms with Gasteiger partial charge in [0.15, 0.2) is 0 Å². The van der Waals surface area contributed by atoms with Gasteiger partial charge in [0, 0.05) is 25.8 Å². The summed E-state index contributed by atoms with van der Waals surface area (Å²) in [5.74, 6) is 0.210. The molecule has 3 heterocycles. The van der Waals surface area contributed by atoms with E-state index >= 15 is 0 Å². The Morgan fingerprint density at radius 2 is 2.35 bits per heavy atom. The second-order valence-corrected chi connectivity index (χ2v) is 4.94. The molecule has 1 amide bonds. The van der Waals surface area contributed by atoms with Gasteiger partial charge >= 0.3 is 0 Å². The van der Waals surface area contributed by atoms with Crippen molar-refractivity contribution >= 4 is 5.91 Å². The minimum Gasteiger partial charge on any atom is -0.344 e. The SMILES string of the molecule is CN1CCC(n2cncc2C2CCCN2)C1=O. The van der Waals surface area contributed by atoms with E-state index in [1.807, 2.05) is 13.2 Å². The largest absolute Gasteiger partial charge is 0.344 e. The summed E-state index contributed by atoms with van der Waals surface area (Å²) in [4.78, 5) is 18.1.